The molecule has 0 heterocycles. The average Bonchev–Trinajstić information content (AvgIpc) is 2.69. The summed E-state index contributed by atoms with van der Waals surface area (Å²) in [5, 5.41) is 29.7. The van der Waals surface area contributed by atoms with Gasteiger partial charge in [-0.15, -0.1) is 18.0 Å². The first kappa shape index (κ1) is 40.4. The maximum atomic E-state index is 11.1. The predicted molar refractivity (Wildman–Crippen MR) is 140 cm³/mol. The van der Waals surface area contributed by atoms with E-state index in [0.717, 1.165) is 18.9 Å². The van der Waals surface area contributed by atoms with Crippen LogP contribution in [-0.4, -0.2) is 42.1 Å². The van der Waals surface area contributed by atoms with Crippen LogP contribution in [0.4, 0.5) is 0 Å². The van der Waals surface area contributed by atoms with E-state index in [1.807, 2.05) is 0 Å². The van der Waals surface area contributed by atoms with E-state index in [-0.39, 0.29) is 23.1 Å². The number of rotatable bonds is 17. The Hall–Kier alpha value is -0.798. The van der Waals surface area contributed by atoms with Crippen molar-refractivity contribution in [1.82, 2.24) is 0 Å². The van der Waals surface area contributed by atoms with Crippen LogP contribution in [0.5, 0.6) is 0 Å². The van der Waals surface area contributed by atoms with Gasteiger partial charge in [-0.05, 0) is 32.1 Å². The fraction of sp³-hybridized carbons (Fsp3) is 0.821. The van der Waals surface area contributed by atoms with Gasteiger partial charge in [-0.3, -0.25) is 0 Å². The van der Waals surface area contributed by atoms with Gasteiger partial charge in [0.2, 0.25) is 0 Å². The van der Waals surface area contributed by atoms with Gasteiger partial charge in [0.15, 0.2) is 0 Å². The third-order valence-electron chi connectivity index (χ3n) is 4.22. The van der Waals surface area contributed by atoms with Crippen molar-refractivity contribution >= 4 is 23.3 Å². The number of allylic oxidation sites excluding steroid dienone is 3. The molecule has 198 valence electrons. The number of hydrogen-bond donors (Lipinski definition) is 0. The van der Waals surface area contributed by atoms with Crippen molar-refractivity contribution in [2.24, 2.45) is 0 Å². The maximum Gasteiger partial charge on any atom is 3.00 e. The Labute approximate surface area is 222 Å². The Morgan fingerprint density at radius 1 is 0.735 bits per heavy atom. The Morgan fingerprint density at radius 3 is 1.47 bits per heavy atom. The molecular formula is C28H53AlO5. The second kappa shape index (κ2) is 34.4. The number of carbonyl (C=O) groups excluding carboxylic acids is 1. The van der Waals surface area contributed by atoms with Crippen LogP contribution in [0.25, 0.3) is 0 Å². The molecule has 6 heteroatoms. The summed E-state index contributed by atoms with van der Waals surface area (Å²) in [5.74, 6) is -0.772. The van der Waals surface area contributed by atoms with Gasteiger partial charge in [-0.25, -0.2) is 4.79 Å². The molecule has 0 aromatic heterocycles. The first-order chi connectivity index (χ1) is 15.6. The van der Waals surface area contributed by atoms with Gasteiger partial charge >= 0.3 is 23.3 Å². The molecule has 0 atom stereocenters. The minimum atomic E-state index is -0.514. The second-order valence-corrected chi connectivity index (χ2v) is 8.96. The van der Waals surface area contributed by atoms with Crippen LogP contribution in [0.15, 0.2) is 24.0 Å². The van der Waals surface area contributed by atoms with Crippen molar-refractivity contribution in [3.63, 3.8) is 0 Å². The first-order valence-electron chi connectivity index (χ1n) is 13.1. The van der Waals surface area contributed by atoms with Crippen molar-refractivity contribution in [3.8, 4) is 0 Å². The largest absolute Gasteiger partial charge is 3.00 e. The third-order valence-corrected chi connectivity index (χ3v) is 4.22. The van der Waals surface area contributed by atoms with Gasteiger partial charge in [-0.2, -0.15) is 0 Å². The van der Waals surface area contributed by atoms with Crippen molar-refractivity contribution in [1.29, 1.82) is 0 Å². The van der Waals surface area contributed by atoms with E-state index in [0.29, 0.717) is 6.61 Å². The smallest absolute Gasteiger partial charge is 0.875 e. The number of esters is 1. The summed E-state index contributed by atoms with van der Waals surface area (Å²) in [6, 6.07) is 0. The molecule has 0 bridgehead atoms. The van der Waals surface area contributed by atoms with Gasteiger partial charge in [-0.1, -0.05) is 111 Å². The summed E-state index contributed by atoms with van der Waals surface area (Å²) in [6.45, 7) is 10.5. The zero-order valence-electron chi connectivity index (χ0n) is 23.1. The standard InChI is InChI=1S/C22H40O3.2C3H7O.Al/c1-3-4-5-6-7-8-9-10-11-12-13-14-15-16-17-18-19-25-22(24)20-21(2)23;2*1-3(2)4;/h10-11,20,23H,3-9,12-19H2,1-2H3;2*3H,1-2H3;/q;2*-1;+3/p-1/b11-10+,21-20?;;;. The van der Waals surface area contributed by atoms with Crippen molar-refractivity contribution in [2.75, 3.05) is 6.61 Å². The Kier molecular flexibility index (Phi) is 40.8. The normalized spacial score (nSPS) is 10.9. The fourth-order valence-electron chi connectivity index (χ4n) is 2.73. The Morgan fingerprint density at radius 2 is 1.09 bits per heavy atom. The van der Waals surface area contributed by atoms with Crippen molar-refractivity contribution in [2.45, 2.75) is 144 Å². The molecule has 0 N–H and O–H groups in total. The molecule has 0 spiro atoms. The van der Waals surface area contributed by atoms with E-state index in [1.54, 1.807) is 27.7 Å². The number of hydrogen-bond acceptors (Lipinski definition) is 5. The minimum Gasteiger partial charge on any atom is -0.875 e. The van der Waals surface area contributed by atoms with Crippen LogP contribution in [0.3, 0.4) is 0 Å². The molecule has 0 aliphatic heterocycles. The zero-order valence-corrected chi connectivity index (χ0v) is 24.3. The predicted octanol–water partition coefficient (Wildman–Crippen LogP) is 4.96. The SMILES string of the molecule is CC(C)[O-].CC(C)[O-].CCCCCCCC/C=C/CCCCCCCCOC(=O)C=C(C)[O-].[Al+3]. The fourth-order valence-corrected chi connectivity index (χ4v) is 2.73. The summed E-state index contributed by atoms with van der Waals surface area (Å²) >= 11 is 0. The quantitative estimate of drug-likeness (QED) is 0.0708. The van der Waals surface area contributed by atoms with Crippen LogP contribution in [0, 0.1) is 0 Å². The van der Waals surface area contributed by atoms with E-state index in [9.17, 15) is 20.1 Å². The Balaban J connectivity index is -0.000000430. The molecule has 0 unspecified atom stereocenters. The molecular weight excluding hydrogens is 443 g/mol. The number of ether oxygens (including phenoxy) is 1. The van der Waals surface area contributed by atoms with E-state index in [4.69, 9.17) is 4.74 Å². The molecule has 0 radical (unpaired) electrons. The monoisotopic (exact) mass is 496 g/mol. The van der Waals surface area contributed by atoms with Gasteiger partial charge in [0.1, 0.15) is 0 Å². The maximum absolute atomic E-state index is 11.1. The first-order valence-corrected chi connectivity index (χ1v) is 13.1. The summed E-state index contributed by atoms with van der Waals surface area (Å²) in [6.07, 6.45) is 22.5. The van der Waals surface area contributed by atoms with Gasteiger partial charge in [0, 0.05) is 6.08 Å². The van der Waals surface area contributed by atoms with Crippen LogP contribution in [0.2, 0.25) is 0 Å². The van der Waals surface area contributed by atoms with Crippen LogP contribution < -0.4 is 15.3 Å². The minimum absolute atomic E-state index is 0. The molecule has 0 saturated heterocycles. The van der Waals surface area contributed by atoms with Gasteiger partial charge in [0.25, 0.3) is 0 Å². The van der Waals surface area contributed by atoms with Gasteiger partial charge < -0.3 is 20.1 Å². The molecule has 0 aromatic carbocycles. The summed E-state index contributed by atoms with van der Waals surface area (Å²) in [5.41, 5.74) is 0. The number of unbranched alkanes of at least 4 members (excludes halogenated alkanes) is 12. The van der Waals surface area contributed by atoms with Crippen LogP contribution in [0.1, 0.15) is 131 Å². The van der Waals surface area contributed by atoms with Crippen LogP contribution >= 0.6 is 0 Å². The summed E-state index contributed by atoms with van der Waals surface area (Å²) < 4.78 is 4.95. The van der Waals surface area contributed by atoms with Crippen LogP contribution in [-0.2, 0) is 9.53 Å². The molecule has 0 amide bonds. The molecule has 5 nitrogen and oxygen atoms in total. The number of carbonyl (C=O) groups is 1. The van der Waals surface area contributed by atoms with Gasteiger partial charge in [0.05, 0.1) is 6.61 Å². The molecule has 0 aliphatic carbocycles. The van der Waals surface area contributed by atoms with Crippen molar-refractivity contribution < 1.29 is 24.9 Å². The van der Waals surface area contributed by atoms with E-state index < -0.39 is 18.2 Å². The Bertz CT molecular complexity index is 433. The topological polar surface area (TPSA) is 95.5 Å². The van der Waals surface area contributed by atoms with E-state index >= 15 is 0 Å². The molecule has 0 aromatic rings. The average molecular weight is 497 g/mol. The van der Waals surface area contributed by atoms with Crippen molar-refractivity contribution in [3.05, 3.63) is 24.0 Å². The van der Waals surface area contributed by atoms with E-state index in [1.165, 1.54) is 84.0 Å². The third kappa shape index (κ3) is 57.7. The molecule has 0 fully saturated rings. The zero-order chi connectivity index (χ0) is 25.7. The van der Waals surface area contributed by atoms with E-state index in [2.05, 4.69) is 19.1 Å². The molecule has 0 rings (SSSR count). The molecule has 0 aliphatic rings. The summed E-state index contributed by atoms with van der Waals surface area (Å²) in [7, 11) is 0. The molecule has 34 heavy (non-hydrogen) atoms. The molecule has 0 saturated carbocycles. The second-order valence-electron chi connectivity index (χ2n) is 8.96. The summed E-state index contributed by atoms with van der Waals surface area (Å²) in [4.78, 5) is 11.1.